The summed E-state index contributed by atoms with van der Waals surface area (Å²) in [6.07, 6.45) is 5.66. The maximum atomic E-state index is 5.27. The van der Waals surface area contributed by atoms with Crippen LogP contribution in [0.1, 0.15) is 0 Å². The largest absolute Gasteiger partial charge is 0.309 e. The smallest absolute Gasteiger partial charge is 0.0899 e. The molecule has 4 nitrogen and oxygen atoms in total. The van der Waals surface area contributed by atoms with Crippen molar-refractivity contribution in [2.75, 3.05) is 0 Å². The van der Waals surface area contributed by atoms with Gasteiger partial charge < -0.3 is 4.57 Å². The molecule has 0 unspecified atom stereocenters. The number of benzene rings is 7. The summed E-state index contributed by atoms with van der Waals surface area (Å²) in [7, 11) is 0. The van der Waals surface area contributed by atoms with Gasteiger partial charge in [-0.15, -0.1) is 0 Å². The van der Waals surface area contributed by atoms with Crippen LogP contribution in [0, 0.1) is 0 Å². The summed E-state index contributed by atoms with van der Waals surface area (Å²) >= 11 is 0. The van der Waals surface area contributed by atoms with E-state index in [1.807, 2.05) is 36.8 Å². The maximum absolute atomic E-state index is 5.27. The van der Waals surface area contributed by atoms with Crippen molar-refractivity contribution in [3.05, 3.63) is 195 Å². The Kier molecular flexibility index (Phi) is 7.14. The van der Waals surface area contributed by atoms with Crippen molar-refractivity contribution in [1.29, 1.82) is 0 Å². The van der Waals surface area contributed by atoms with Crippen LogP contribution in [0.4, 0.5) is 0 Å². The molecule has 0 fully saturated rings. The van der Waals surface area contributed by atoms with E-state index in [1.165, 1.54) is 54.4 Å². The highest BCUT2D eigenvalue weighted by Crippen LogP contribution is 2.45. The average Bonchev–Trinajstić information content (AvgIpc) is 3.60. The lowest BCUT2D eigenvalue weighted by Crippen LogP contribution is -1.96. The number of hydrogen-bond donors (Lipinski definition) is 0. The number of pyridine rings is 3. The molecular weight excluding hydrogens is 669 g/mol. The van der Waals surface area contributed by atoms with Gasteiger partial charge in [-0.05, 0) is 109 Å². The Morgan fingerprint density at radius 3 is 1.69 bits per heavy atom. The van der Waals surface area contributed by atoms with Gasteiger partial charge in [0.25, 0.3) is 0 Å². The maximum Gasteiger partial charge on any atom is 0.0899 e. The van der Waals surface area contributed by atoms with Gasteiger partial charge in [-0.25, -0.2) is 4.98 Å². The van der Waals surface area contributed by atoms with Crippen LogP contribution in [0.3, 0.4) is 0 Å². The van der Waals surface area contributed by atoms with E-state index in [4.69, 9.17) is 9.97 Å². The first-order valence-electron chi connectivity index (χ1n) is 18.6. The van der Waals surface area contributed by atoms with Crippen molar-refractivity contribution in [3.8, 4) is 50.6 Å². The fourth-order valence-electron chi connectivity index (χ4n) is 8.44. The van der Waals surface area contributed by atoms with Crippen LogP contribution in [-0.4, -0.2) is 19.5 Å². The van der Waals surface area contributed by atoms with Crippen LogP contribution in [0.2, 0.25) is 0 Å². The third-order valence-electron chi connectivity index (χ3n) is 10.9. The molecule has 0 amide bonds. The van der Waals surface area contributed by atoms with Gasteiger partial charge in [0.2, 0.25) is 0 Å². The van der Waals surface area contributed by atoms with Crippen LogP contribution in [-0.2, 0) is 0 Å². The number of aromatic nitrogens is 4. The monoisotopic (exact) mass is 700 g/mol. The predicted octanol–water partition coefficient (Wildman–Crippen LogP) is 13.1. The second kappa shape index (κ2) is 12.6. The molecule has 4 aromatic heterocycles. The molecule has 0 spiro atoms. The van der Waals surface area contributed by atoms with Crippen molar-refractivity contribution in [3.63, 3.8) is 0 Å². The lowest BCUT2D eigenvalue weighted by Gasteiger charge is -2.19. The van der Waals surface area contributed by atoms with Crippen molar-refractivity contribution in [2.24, 2.45) is 0 Å². The molecule has 55 heavy (non-hydrogen) atoms. The molecule has 0 atom stereocenters. The topological polar surface area (TPSA) is 43.6 Å². The minimum Gasteiger partial charge on any atom is -0.309 e. The summed E-state index contributed by atoms with van der Waals surface area (Å²) in [5.41, 5.74) is 11.7. The van der Waals surface area contributed by atoms with E-state index < -0.39 is 0 Å². The van der Waals surface area contributed by atoms with E-state index in [0.29, 0.717) is 0 Å². The third kappa shape index (κ3) is 5.11. The van der Waals surface area contributed by atoms with E-state index >= 15 is 0 Å². The second-order valence-electron chi connectivity index (χ2n) is 14.0. The van der Waals surface area contributed by atoms with E-state index in [-0.39, 0.29) is 0 Å². The Morgan fingerprint density at radius 1 is 0.364 bits per heavy atom. The quantitative estimate of drug-likeness (QED) is 0.168. The van der Waals surface area contributed by atoms with Gasteiger partial charge in [0.1, 0.15) is 0 Å². The van der Waals surface area contributed by atoms with Crippen molar-refractivity contribution >= 4 is 54.1 Å². The SMILES string of the molecule is c1ccc(-c2cc(-c3c4ccccc4c(-c4ccc5ccccc5c4)c4ccccc34)cc(-c3ccc(-n4c5ccccc5c5cnccc54)cc3)n2)nc1. The fraction of sp³-hybridized carbons (Fsp3) is 0. The highest BCUT2D eigenvalue weighted by atomic mass is 15.0. The standard InChI is InChI=1S/C51H32N4/c1-2-12-35-29-36(21-20-33(35)11-1)50-40-14-3-5-16-42(40)51(43-17-6-4-15-41(43)50)37-30-46(54-47(31-37)45-18-9-10-27-53-45)34-22-24-38(25-23-34)55-48-19-8-7-13-39(48)44-32-52-28-26-49(44)55/h1-32H. The summed E-state index contributed by atoms with van der Waals surface area (Å²) in [5.74, 6) is 0. The first-order valence-corrected chi connectivity index (χ1v) is 18.6. The van der Waals surface area contributed by atoms with Gasteiger partial charge in [-0.1, -0.05) is 121 Å². The Hall–Kier alpha value is -7.43. The van der Waals surface area contributed by atoms with Crippen LogP contribution >= 0.6 is 0 Å². The first-order chi connectivity index (χ1) is 27.3. The Labute approximate surface area is 317 Å². The van der Waals surface area contributed by atoms with Gasteiger partial charge in [0.05, 0.1) is 28.1 Å². The molecule has 11 rings (SSSR count). The third-order valence-corrected chi connectivity index (χ3v) is 10.9. The normalized spacial score (nSPS) is 11.6. The molecule has 4 heterocycles. The molecule has 11 aromatic rings. The summed E-state index contributed by atoms with van der Waals surface area (Å²) in [6.45, 7) is 0. The minimum atomic E-state index is 0.832. The zero-order valence-corrected chi connectivity index (χ0v) is 29.8. The van der Waals surface area contributed by atoms with Crippen molar-refractivity contribution in [1.82, 2.24) is 19.5 Å². The number of fused-ring (bicyclic) bond motifs is 6. The molecule has 0 radical (unpaired) electrons. The minimum absolute atomic E-state index is 0.832. The van der Waals surface area contributed by atoms with E-state index in [2.05, 4.69) is 167 Å². The number of nitrogens with zero attached hydrogens (tertiary/aromatic N) is 4. The summed E-state index contributed by atoms with van der Waals surface area (Å²) < 4.78 is 2.31. The van der Waals surface area contributed by atoms with Crippen LogP contribution in [0.25, 0.3) is 105 Å². The van der Waals surface area contributed by atoms with Gasteiger partial charge in [-0.3, -0.25) is 9.97 Å². The predicted molar refractivity (Wildman–Crippen MR) is 228 cm³/mol. The van der Waals surface area contributed by atoms with E-state index in [0.717, 1.165) is 50.3 Å². The molecule has 7 aromatic carbocycles. The molecule has 0 aliphatic carbocycles. The van der Waals surface area contributed by atoms with Gasteiger partial charge in [0.15, 0.2) is 0 Å². The highest BCUT2D eigenvalue weighted by Gasteiger charge is 2.19. The van der Waals surface area contributed by atoms with Crippen molar-refractivity contribution < 1.29 is 0 Å². The summed E-state index contributed by atoms with van der Waals surface area (Å²) in [4.78, 5) is 14.5. The molecule has 256 valence electrons. The summed E-state index contributed by atoms with van der Waals surface area (Å²) in [5, 5.41) is 9.64. The van der Waals surface area contributed by atoms with E-state index in [1.54, 1.807) is 0 Å². The second-order valence-corrected chi connectivity index (χ2v) is 14.0. The number of para-hydroxylation sites is 1. The highest BCUT2D eigenvalue weighted by molar-refractivity contribution is 6.22. The first kappa shape index (κ1) is 31.1. The van der Waals surface area contributed by atoms with Gasteiger partial charge in [0, 0.05) is 40.6 Å². The molecule has 0 aliphatic heterocycles. The molecule has 0 saturated carbocycles. The van der Waals surface area contributed by atoms with Gasteiger partial charge in [-0.2, -0.15) is 0 Å². The summed E-state index contributed by atoms with van der Waals surface area (Å²) in [6, 6.07) is 62.9. The zero-order chi connectivity index (χ0) is 36.3. The molecule has 0 saturated heterocycles. The lowest BCUT2D eigenvalue weighted by atomic mass is 9.85. The van der Waals surface area contributed by atoms with Gasteiger partial charge >= 0.3 is 0 Å². The Balaban J connectivity index is 1.13. The van der Waals surface area contributed by atoms with Crippen molar-refractivity contribution in [2.45, 2.75) is 0 Å². The molecular formula is C51H32N4. The molecule has 0 bridgehead atoms. The number of hydrogen-bond acceptors (Lipinski definition) is 3. The van der Waals surface area contributed by atoms with E-state index in [9.17, 15) is 0 Å². The Morgan fingerprint density at radius 2 is 0.964 bits per heavy atom. The Bertz CT molecular complexity index is 3140. The van der Waals surface area contributed by atoms with Crippen LogP contribution < -0.4 is 0 Å². The lowest BCUT2D eigenvalue weighted by molar-refractivity contribution is 1.17. The molecule has 4 heteroatoms. The average molecular weight is 701 g/mol. The van der Waals surface area contributed by atoms with Crippen LogP contribution in [0.5, 0.6) is 0 Å². The number of rotatable bonds is 5. The fourth-order valence-corrected chi connectivity index (χ4v) is 8.44. The molecule has 0 N–H and O–H groups in total. The zero-order valence-electron chi connectivity index (χ0n) is 29.8. The van der Waals surface area contributed by atoms with Crippen LogP contribution in [0.15, 0.2) is 195 Å². The molecule has 0 aliphatic rings.